The van der Waals surface area contributed by atoms with Crippen molar-refractivity contribution in [2.75, 3.05) is 0 Å². The van der Waals surface area contributed by atoms with Gasteiger partial charge in [0, 0.05) is 0 Å². The topological polar surface area (TPSA) is 94.0 Å². The van der Waals surface area contributed by atoms with Gasteiger partial charge in [0.15, 0.2) is 5.76 Å². The van der Waals surface area contributed by atoms with Crippen molar-refractivity contribution in [3.63, 3.8) is 0 Å². The maximum Gasteiger partial charge on any atom is 0.305 e. The SMILES string of the molecule is Cc1ccoc1-c1nnnn1CCC(=O)O. The van der Waals surface area contributed by atoms with Crippen molar-refractivity contribution in [2.24, 2.45) is 0 Å². The van der Waals surface area contributed by atoms with E-state index < -0.39 is 5.97 Å². The second-order valence-electron chi connectivity index (χ2n) is 3.30. The standard InChI is InChI=1S/C9H10N4O3/c1-6-3-5-16-8(6)9-10-11-12-13(9)4-2-7(14)15/h3,5H,2,4H2,1H3,(H,14,15). The van der Waals surface area contributed by atoms with E-state index >= 15 is 0 Å². The van der Waals surface area contributed by atoms with Gasteiger partial charge in [-0.25, -0.2) is 4.68 Å². The molecule has 2 aromatic rings. The molecule has 0 bridgehead atoms. The third-order valence-corrected chi connectivity index (χ3v) is 2.13. The summed E-state index contributed by atoms with van der Waals surface area (Å²) in [4.78, 5) is 10.5. The van der Waals surface area contributed by atoms with Crippen molar-refractivity contribution in [1.29, 1.82) is 0 Å². The lowest BCUT2D eigenvalue weighted by atomic mass is 10.2. The Morgan fingerprint density at radius 2 is 2.44 bits per heavy atom. The molecule has 0 aliphatic rings. The molecule has 0 aromatic carbocycles. The van der Waals surface area contributed by atoms with Crippen LogP contribution in [-0.4, -0.2) is 31.3 Å². The molecule has 0 saturated heterocycles. The average Bonchev–Trinajstić information content (AvgIpc) is 2.82. The minimum atomic E-state index is -0.891. The highest BCUT2D eigenvalue weighted by atomic mass is 16.4. The van der Waals surface area contributed by atoms with Gasteiger partial charge in [0.05, 0.1) is 19.2 Å². The number of hydrogen-bond acceptors (Lipinski definition) is 5. The molecule has 16 heavy (non-hydrogen) atoms. The molecule has 7 nitrogen and oxygen atoms in total. The molecule has 0 fully saturated rings. The second-order valence-corrected chi connectivity index (χ2v) is 3.30. The quantitative estimate of drug-likeness (QED) is 0.818. The summed E-state index contributed by atoms with van der Waals surface area (Å²) in [7, 11) is 0. The Morgan fingerprint density at radius 1 is 1.62 bits per heavy atom. The van der Waals surface area contributed by atoms with Gasteiger partial charge in [0.1, 0.15) is 0 Å². The number of hydrogen-bond donors (Lipinski definition) is 1. The van der Waals surface area contributed by atoms with Gasteiger partial charge in [0.25, 0.3) is 0 Å². The molecular formula is C9H10N4O3. The van der Waals surface area contributed by atoms with Gasteiger partial charge >= 0.3 is 5.97 Å². The third kappa shape index (κ3) is 1.92. The molecule has 1 N–H and O–H groups in total. The zero-order valence-corrected chi connectivity index (χ0v) is 8.62. The maximum atomic E-state index is 10.5. The Bertz CT molecular complexity index is 502. The zero-order chi connectivity index (χ0) is 11.5. The Labute approximate surface area is 90.7 Å². The summed E-state index contributed by atoms with van der Waals surface area (Å²) < 4.78 is 6.66. The lowest BCUT2D eigenvalue weighted by Crippen LogP contribution is -2.07. The lowest BCUT2D eigenvalue weighted by molar-refractivity contribution is -0.137. The van der Waals surface area contributed by atoms with Gasteiger partial charge in [-0.05, 0) is 29.0 Å². The van der Waals surface area contributed by atoms with Crippen molar-refractivity contribution >= 4 is 5.97 Å². The Kier molecular flexibility index (Phi) is 2.67. The summed E-state index contributed by atoms with van der Waals surface area (Å²) in [5.41, 5.74) is 0.909. The van der Waals surface area contributed by atoms with Gasteiger partial charge in [-0.1, -0.05) is 0 Å². The molecule has 0 aliphatic carbocycles. The molecule has 0 spiro atoms. The smallest absolute Gasteiger partial charge is 0.305 e. The van der Waals surface area contributed by atoms with E-state index in [0.29, 0.717) is 11.6 Å². The van der Waals surface area contributed by atoms with E-state index in [1.807, 2.05) is 6.92 Å². The summed E-state index contributed by atoms with van der Waals surface area (Å²) in [6, 6.07) is 1.80. The Balaban J connectivity index is 2.26. The molecule has 84 valence electrons. The Hall–Kier alpha value is -2.18. The van der Waals surface area contributed by atoms with E-state index in [9.17, 15) is 4.79 Å². The third-order valence-electron chi connectivity index (χ3n) is 2.13. The highest BCUT2D eigenvalue weighted by molar-refractivity contribution is 5.66. The largest absolute Gasteiger partial charge is 0.481 e. The molecule has 0 atom stereocenters. The summed E-state index contributed by atoms with van der Waals surface area (Å²) in [5, 5.41) is 19.6. The predicted molar refractivity (Wildman–Crippen MR) is 52.5 cm³/mol. The van der Waals surface area contributed by atoms with Crippen LogP contribution in [0.4, 0.5) is 0 Å². The number of tetrazole rings is 1. The van der Waals surface area contributed by atoms with Crippen molar-refractivity contribution in [3.05, 3.63) is 17.9 Å². The summed E-state index contributed by atoms with van der Waals surface area (Å²) in [6.45, 7) is 2.09. The van der Waals surface area contributed by atoms with Gasteiger partial charge in [0.2, 0.25) is 5.82 Å². The maximum absolute atomic E-state index is 10.5. The van der Waals surface area contributed by atoms with Gasteiger partial charge in [-0.2, -0.15) is 0 Å². The monoisotopic (exact) mass is 222 g/mol. The van der Waals surface area contributed by atoms with E-state index in [4.69, 9.17) is 9.52 Å². The number of aryl methyl sites for hydroxylation is 2. The van der Waals surface area contributed by atoms with Crippen LogP contribution < -0.4 is 0 Å². The van der Waals surface area contributed by atoms with Gasteiger partial charge < -0.3 is 9.52 Å². The number of aliphatic carboxylic acids is 1. The molecule has 2 heterocycles. The zero-order valence-electron chi connectivity index (χ0n) is 8.62. The van der Waals surface area contributed by atoms with E-state index in [1.54, 1.807) is 12.3 Å². The average molecular weight is 222 g/mol. The van der Waals surface area contributed by atoms with Crippen molar-refractivity contribution in [2.45, 2.75) is 19.9 Å². The van der Waals surface area contributed by atoms with E-state index in [0.717, 1.165) is 5.56 Å². The fourth-order valence-electron chi connectivity index (χ4n) is 1.32. The van der Waals surface area contributed by atoms with Gasteiger partial charge in [-0.3, -0.25) is 4.79 Å². The number of carboxylic acids is 1. The molecule has 0 saturated carbocycles. The summed E-state index contributed by atoms with van der Waals surface area (Å²) in [6.07, 6.45) is 1.51. The first kappa shape index (κ1) is 10.3. The molecule has 7 heteroatoms. The number of carboxylic acid groups (broad SMARTS) is 1. The molecule has 2 rings (SSSR count). The number of aromatic nitrogens is 4. The van der Waals surface area contributed by atoms with E-state index in [-0.39, 0.29) is 13.0 Å². The van der Waals surface area contributed by atoms with Crippen LogP contribution in [0, 0.1) is 6.92 Å². The first-order chi connectivity index (χ1) is 7.68. The van der Waals surface area contributed by atoms with Crippen LogP contribution >= 0.6 is 0 Å². The highest BCUT2D eigenvalue weighted by Crippen LogP contribution is 2.21. The molecule has 0 radical (unpaired) electrons. The van der Waals surface area contributed by atoms with E-state index in [2.05, 4.69) is 15.5 Å². The number of furan rings is 1. The van der Waals surface area contributed by atoms with Crippen LogP contribution in [-0.2, 0) is 11.3 Å². The normalized spacial score (nSPS) is 10.6. The van der Waals surface area contributed by atoms with Crippen molar-refractivity contribution in [3.8, 4) is 11.6 Å². The molecular weight excluding hydrogens is 212 g/mol. The van der Waals surface area contributed by atoms with Gasteiger partial charge in [-0.15, -0.1) is 5.10 Å². The van der Waals surface area contributed by atoms with Crippen LogP contribution in [0.15, 0.2) is 16.7 Å². The number of carbonyl (C=O) groups is 1. The van der Waals surface area contributed by atoms with Crippen LogP contribution in [0.1, 0.15) is 12.0 Å². The summed E-state index contributed by atoms with van der Waals surface area (Å²) in [5.74, 6) is 0.122. The van der Waals surface area contributed by atoms with Crippen LogP contribution in [0.5, 0.6) is 0 Å². The fraction of sp³-hybridized carbons (Fsp3) is 0.333. The predicted octanol–water partition coefficient (Wildman–Crippen LogP) is 0.716. The lowest BCUT2D eigenvalue weighted by Gasteiger charge is -2.00. The van der Waals surface area contributed by atoms with Crippen molar-refractivity contribution < 1.29 is 14.3 Å². The molecule has 2 aromatic heterocycles. The van der Waals surface area contributed by atoms with E-state index in [1.165, 1.54) is 4.68 Å². The van der Waals surface area contributed by atoms with Crippen LogP contribution in [0.3, 0.4) is 0 Å². The molecule has 0 unspecified atom stereocenters. The van der Waals surface area contributed by atoms with Crippen LogP contribution in [0.25, 0.3) is 11.6 Å². The number of rotatable bonds is 4. The fourth-order valence-corrected chi connectivity index (χ4v) is 1.32. The number of nitrogens with zero attached hydrogens (tertiary/aromatic N) is 4. The highest BCUT2D eigenvalue weighted by Gasteiger charge is 2.14. The second kappa shape index (κ2) is 4.13. The summed E-state index contributed by atoms with van der Waals surface area (Å²) >= 11 is 0. The van der Waals surface area contributed by atoms with Crippen molar-refractivity contribution in [1.82, 2.24) is 20.2 Å². The molecule has 0 amide bonds. The molecule has 0 aliphatic heterocycles. The minimum absolute atomic E-state index is 0.0300. The van der Waals surface area contributed by atoms with Crippen LogP contribution in [0.2, 0.25) is 0 Å². The first-order valence-electron chi connectivity index (χ1n) is 4.71. The minimum Gasteiger partial charge on any atom is -0.481 e. The Morgan fingerprint density at radius 3 is 3.06 bits per heavy atom. The first-order valence-corrected chi connectivity index (χ1v) is 4.71.